The Bertz CT molecular complexity index is 1420. The van der Waals surface area contributed by atoms with Gasteiger partial charge in [-0.2, -0.15) is 0 Å². The minimum Gasteiger partial charge on any atom is -0.399 e. The average molecular weight is 468 g/mol. The molecule has 0 bridgehead atoms. The highest BCUT2D eigenvalue weighted by atomic mass is 15.1. The largest absolute Gasteiger partial charge is 0.399 e. The number of hydrogen-bond acceptors (Lipinski definition) is 3. The lowest BCUT2D eigenvalue weighted by molar-refractivity contribution is 1.19. The molecular weight excluding hydrogens is 438 g/mol. The van der Waals surface area contributed by atoms with Crippen molar-refractivity contribution in [1.29, 1.82) is 0 Å². The van der Waals surface area contributed by atoms with E-state index in [0.717, 1.165) is 40.4 Å². The van der Waals surface area contributed by atoms with Crippen LogP contribution < -0.4 is 10.6 Å². The number of hydrogen-bond donors (Lipinski definition) is 1. The molecule has 5 aromatic carbocycles. The van der Waals surface area contributed by atoms with Crippen LogP contribution in [0.4, 0.5) is 28.4 Å². The van der Waals surface area contributed by atoms with Crippen LogP contribution in [0.2, 0.25) is 0 Å². The molecule has 5 rings (SSSR count). The van der Waals surface area contributed by atoms with Crippen molar-refractivity contribution in [2.75, 3.05) is 10.6 Å². The summed E-state index contributed by atoms with van der Waals surface area (Å²) < 4.78 is 0. The second kappa shape index (κ2) is 10.7. The van der Waals surface area contributed by atoms with E-state index in [9.17, 15) is 0 Å². The molecule has 0 aromatic heterocycles. The summed E-state index contributed by atoms with van der Waals surface area (Å²) in [5.74, 6) is 0. The first-order valence-corrected chi connectivity index (χ1v) is 12.1. The highest BCUT2D eigenvalue weighted by Gasteiger charge is 2.11. The minimum atomic E-state index is 0.791. The SMILES string of the molecule is Cc1ccc(N(c2ccccc2)c2ccc(C=Nc3ccc(Cc4ccc(N)cc4)cc3)cc2)cc1. The fraction of sp³-hybridized carbons (Fsp3) is 0.0606. The second-order valence-corrected chi connectivity index (χ2v) is 8.94. The first-order valence-electron chi connectivity index (χ1n) is 12.1. The normalized spacial score (nSPS) is 11.0. The van der Waals surface area contributed by atoms with Crippen LogP contribution in [-0.2, 0) is 6.42 Å². The van der Waals surface area contributed by atoms with E-state index in [1.165, 1.54) is 16.7 Å². The molecule has 0 atom stereocenters. The quantitative estimate of drug-likeness (QED) is 0.193. The molecule has 0 aliphatic rings. The van der Waals surface area contributed by atoms with Crippen LogP contribution in [0.15, 0.2) is 132 Å². The standard InChI is InChI=1S/C33H29N3/c1-25-7-19-32(20-8-25)36(31-5-3-2-4-6-31)33-21-13-28(14-22-33)24-35-30-17-11-27(12-18-30)23-26-9-15-29(34)16-10-26/h2-22,24H,23,34H2,1H3. The van der Waals surface area contributed by atoms with Gasteiger partial charge in [0.25, 0.3) is 0 Å². The number of benzene rings is 5. The minimum absolute atomic E-state index is 0.791. The number of para-hydroxylation sites is 1. The third kappa shape index (κ3) is 5.70. The van der Waals surface area contributed by atoms with Crippen molar-refractivity contribution in [3.63, 3.8) is 0 Å². The molecule has 0 radical (unpaired) electrons. The van der Waals surface area contributed by atoms with Crippen LogP contribution >= 0.6 is 0 Å². The van der Waals surface area contributed by atoms with Gasteiger partial charge < -0.3 is 10.6 Å². The van der Waals surface area contributed by atoms with Gasteiger partial charge in [-0.15, -0.1) is 0 Å². The van der Waals surface area contributed by atoms with Crippen molar-refractivity contribution in [2.24, 2.45) is 4.99 Å². The molecule has 0 heterocycles. The van der Waals surface area contributed by atoms with E-state index in [-0.39, 0.29) is 0 Å². The fourth-order valence-electron chi connectivity index (χ4n) is 4.15. The number of anilines is 4. The van der Waals surface area contributed by atoms with Crippen molar-refractivity contribution in [1.82, 2.24) is 0 Å². The van der Waals surface area contributed by atoms with E-state index in [1.54, 1.807) is 0 Å². The molecule has 0 fully saturated rings. The molecule has 0 amide bonds. The van der Waals surface area contributed by atoms with Gasteiger partial charge in [0.2, 0.25) is 0 Å². The average Bonchev–Trinajstić information content (AvgIpc) is 2.92. The van der Waals surface area contributed by atoms with Gasteiger partial charge >= 0.3 is 0 Å². The molecule has 0 aliphatic heterocycles. The van der Waals surface area contributed by atoms with Gasteiger partial charge in [0.05, 0.1) is 5.69 Å². The van der Waals surface area contributed by atoms with Crippen molar-refractivity contribution >= 4 is 34.7 Å². The maximum Gasteiger partial charge on any atom is 0.0630 e. The highest BCUT2D eigenvalue weighted by Crippen LogP contribution is 2.34. The summed E-state index contributed by atoms with van der Waals surface area (Å²) in [4.78, 5) is 6.95. The molecule has 3 nitrogen and oxygen atoms in total. The van der Waals surface area contributed by atoms with E-state index in [4.69, 9.17) is 5.73 Å². The topological polar surface area (TPSA) is 41.6 Å². The zero-order chi connectivity index (χ0) is 24.7. The monoisotopic (exact) mass is 467 g/mol. The van der Waals surface area contributed by atoms with E-state index in [2.05, 4.69) is 126 Å². The summed E-state index contributed by atoms with van der Waals surface area (Å²) in [7, 11) is 0. The van der Waals surface area contributed by atoms with Crippen LogP contribution in [0, 0.1) is 6.92 Å². The molecule has 176 valence electrons. The molecule has 0 unspecified atom stereocenters. The van der Waals surface area contributed by atoms with E-state index < -0.39 is 0 Å². The molecule has 2 N–H and O–H groups in total. The maximum absolute atomic E-state index is 5.78. The van der Waals surface area contributed by atoms with Gasteiger partial charge in [-0.25, -0.2) is 0 Å². The van der Waals surface area contributed by atoms with Crippen molar-refractivity contribution in [2.45, 2.75) is 13.3 Å². The van der Waals surface area contributed by atoms with Crippen molar-refractivity contribution < 1.29 is 0 Å². The summed E-state index contributed by atoms with van der Waals surface area (Å²) in [5, 5.41) is 0. The molecule has 0 saturated carbocycles. The summed E-state index contributed by atoms with van der Waals surface area (Å²) in [6, 6.07) is 44.0. The van der Waals surface area contributed by atoms with Gasteiger partial charge in [-0.1, -0.05) is 72.3 Å². The Morgan fingerprint density at radius 2 is 1.14 bits per heavy atom. The van der Waals surface area contributed by atoms with Crippen LogP contribution in [0.3, 0.4) is 0 Å². The van der Waals surface area contributed by atoms with Crippen LogP contribution in [0.1, 0.15) is 22.3 Å². The zero-order valence-corrected chi connectivity index (χ0v) is 20.4. The Labute approximate surface area is 213 Å². The van der Waals surface area contributed by atoms with Gasteiger partial charge in [0.15, 0.2) is 0 Å². The molecule has 5 aromatic rings. The smallest absolute Gasteiger partial charge is 0.0630 e. The Morgan fingerprint density at radius 1 is 0.611 bits per heavy atom. The highest BCUT2D eigenvalue weighted by molar-refractivity contribution is 5.84. The lowest BCUT2D eigenvalue weighted by atomic mass is 10.0. The lowest BCUT2D eigenvalue weighted by Gasteiger charge is -2.25. The lowest BCUT2D eigenvalue weighted by Crippen LogP contribution is -2.09. The summed E-state index contributed by atoms with van der Waals surface area (Å²) in [6.45, 7) is 2.11. The number of aliphatic imine (C=N–C) groups is 1. The van der Waals surface area contributed by atoms with Gasteiger partial charge in [-0.3, -0.25) is 4.99 Å². The Balaban J connectivity index is 1.31. The molecular formula is C33H29N3. The van der Waals surface area contributed by atoms with Gasteiger partial charge in [-0.05, 0) is 90.7 Å². The van der Waals surface area contributed by atoms with Crippen molar-refractivity contribution in [3.05, 3.63) is 150 Å². The fourth-order valence-corrected chi connectivity index (χ4v) is 4.15. The second-order valence-electron chi connectivity index (χ2n) is 8.94. The molecule has 3 heteroatoms. The predicted octanol–water partition coefficient (Wildman–Crippen LogP) is 8.39. The third-order valence-electron chi connectivity index (χ3n) is 6.14. The summed E-state index contributed by atoms with van der Waals surface area (Å²) >= 11 is 0. The Kier molecular flexibility index (Phi) is 6.90. The van der Waals surface area contributed by atoms with E-state index in [0.29, 0.717) is 0 Å². The van der Waals surface area contributed by atoms with Crippen molar-refractivity contribution in [3.8, 4) is 0 Å². The molecule has 0 saturated heterocycles. The van der Waals surface area contributed by atoms with Crippen LogP contribution in [-0.4, -0.2) is 6.21 Å². The summed E-state index contributed by atoms with van der Waals surface area (Å²) in [5.41, 5.74) is 15.7. The first kappa shape index (κ1) is 23.1. The van der Waals surface area contributed by atoms with Gasteiger partial charge in [0.1, 0.15) is 0 Å². The number of nitrogen functional groups attached to an aromatic ring is 1. The van der Waals surface area contributed by atoms with Gasteiger partial charge in [0, 0.05) is 29.0 Å². The van der Waals surface area contributed by atoms with Crippen LogP contribution in [0.5, 0.6) is 0 Å². The maximum atomic E-state index is 5.78. The Morgan fingerprint density at radius 3 is 1.75 bits per heavy atom. The number of nitrogens with two attached hydrogens (primary N) is 1. The summed E-state index contributed by atoms with van der Waals surface area (Å²) in [6.07, 6.45) is 2.79. The number of aryl methyl sites for hydroxylation is 1. The number of rotatable bonds is 7. The molecule has 0 spiro atoms. The van der Waals surface area contributed by atoms with E-state index in [1.807, 2.05) is 24.4 Å². The molecule has 0 aliphatic carbocycles. The van der Waals surface area contributed by atoms with E-state index >= 15 is 0 Å². The third-order valence-corrected chi connectivity index (χ3v) is 6.14. The Hall–Kier alpha value is -4.63. The first-order chi connectivity index (χ1) is 17.6. The predicted molar refractivity (Wildman–Crippen MR) is 153 cm³/mol. The number of nitrogens with zero attached hydrogens (tertiary/aromatic N) is 2. The molecule has 36 heavy (non-hydrogen) atoms. The van der Waals surface area contributed by atoms with Crippen LogP contribution in [0.25, 0.3) is 0 Å². The zero-order valence-electron chi connectivity index (χ0n) is 20.4.